The van der Waals surface area contributed by atoms with Gasteiger partial charge in [0.25, 0.3) is 0 Å². The summed E-state index contributed by atoms with van der Waals surface area (Å²) < 4.78 is 8.30. The molecule has 0 N–H and O–H groups in total. The van der Waals surface area contributed by atoms with E-state index in [0.717, 1.165) is 27.2 Å². The minimum Gasteiger partial charge on any atom is -0.357 e. The maximum absolute atomic E-state index is 5.01. The second-order valence-corrected chi connectivity index (χ2v) is 9.47. The number of hydrogen-bond donors (Lipinski definition) is 0. The Morgan fingerprint density at radius 3 is 3.00 bits per heavy atom. The molecule has 0 saturated carbocycles. The molecule has 4 nitrogen and oxygen atoms in total. The molecule has 6 heteroatoms. The molecule has 5 rings (SSSR count). The van der Waals surface area contributed by atoms with Crippen LogP contribution in [-0.2, 0) is 7.05 Å². The normalized spacial score (nSPS) is 18.8. The van der Waals surface area contributed by atoms with Crippen LogP contribution >= 0.6 is 32.8 Å². The van der Waals surface area contributed by atoms with Crippen molar-refractivity contribution in [3.8, 4) is 0 Å². The van der Waals surface area contributed by atoms with Gasteiger partial charge in [0.15, 0.2) is 0 Å². The van der Waals surface area contributed by atoms with Crippen molar-refractivity contribution < 1.29 is 0 Å². The van der Waals surface area contributed by atoms with Crippen LogP contribution in [0, 0.1) is 0 Å². The molecule has 0 radical (unpaired) electrons. The Bertz CT molecular complexity index is 1140. The molecule has 1 aromatic carbocycles. The zero-order chi connectivity index (χ0) is 17.5. The SMILES string of the molecule is Cn1ccc(C2=NC3C(Sc4ccc5ncccc5c4)=NI=C3C=C2)c1. The van der Waals surface area contributed by atoms with E-state index in [1.807, 2.05) is 19.3 Å². The first-order valence-corrected chi connectivity index (χ1v) is 11.1. The van der Waals surface area contributed by atoms with Crippen molar-refractivity contribution in [3.63, 3.8) is 0 Å². The minimum atomic E-state index is -0.305. The van der Waals surface area contributed by atoms with E-state index in [9.17, 15) is 0 Å². The molecule has 2 aromatic heterocycles. The second kappa shape index (κ2) is 6.59. The molecule has 0 amide bonds. The van der Waals surface area contributed by atoms with Gasteiger partial charge in [0.05, 0.1) is 11.2 Å². The highest BCUT2D eigenvalue weighted by Crippen LogP contribution is 2.34. The summed E-state index contributed by atoms with van der Waals surface area (Å²) in [6.07, 6.45) is 10.4. The number of halogens is 1. The lowest BCUT2D eigenvalue weighted by Crippen LogP contribution is -2.25. The number of thioether (sulfide) groups is 1. The number of fused-ring (bicyclic) bond motifs is 2. The molecule has 1 unspecified atom stereocenters. The zero-order valence-corrected chi connectivity index (χ0v) is 17.0. The average Bonchev–Trinajstić information content (AvgIpc) is 3.28. The number of nitrogens with zero attached hydrogens (tertiary/aromatic N) is 4. The lowest BCUT2D eigenvalue weighted by Gasteiger charge is -2.15. The monoisotopic (exact) mass is 470 g/mol. The van der Waals surface area contributed by atoms with Crippen LogP contribution in [0.4, 0.5) is 0 Å². The van der Waals surface area contributed by atoms with Crippen molar-refractivity contribution in [2.75, 3.05) is 0 Å². The first kappa shape index (κ1) is 16.1. The first-order chi connectivity index (χ1) is 12.8. The van der Waals surface area contributed by atoms with Crippen LogP contribution in [0.2, 0.25) is 0 Å². The summed E-state index contributed by atoms with van der Waals surface area (Å²) in [5.41, 5.74) is 3.23. The maximum Gasteiger partial charge on any atom is 0.131 e. The standard InChI is InChI=1S/C20H15IN4S/c1-25-10-8-14(12-25)18-7-5-16-19(23-18)20(24-21-16)26-15-4-6-17-13(11-15)3-2-9-22-17/h2-12,19H,1H3. The van der Waals surface area contributed by atoms with E-state index in [1.165, 1.54) is 8.40 Å². The molecule has 0 aliphatic carbocycles. The number of hydrogen-bond acceptors (Lipinski definition) is 4. The van der Waals surface area contributed by atoms with Gasteiger partial charge in [-0.05, 0) is 42.5 Å². The summed E-state index contributed by atoms with van der Waals surface area (Å²) in [6.45, 7) is 0. The Kier molecular flexibility index (Phi) is 4.09. The number of aromatic nitrogens is 2. The van der Waals surface area contributed by atoms with E-state index in [2.05, 4.69) is 64.4 Å². The van der Waals surface area contributed by atoms with E-state index < -0.39 is 0 Å². The smallest absolute Gasteiger partial charge is 0.131 e. The third-order valence-corrected chi connectivity index (χ3v) is 7.92. The third kappa shape index (κ3) is 2.97. The molecular weight excluding hydrogens is 455 g/mol. The van der Waals surface area contributed by atoms with Crippen molar-refractivity contribution in [3.05, 3.63) is 72.7 Å². The Labute approximate surface area is 165 Å². The lowest BCUT2D eigenvalue weighted by molar-refractivity contribution is 0.927. The van der Waals surface area contributed by atoms with E-state index in [-0.39, 0.29) is 27.0 Å². The Morgan fingerprint density at radius 2 is 2.12 bits per heavy atom. The molecule has 3 aromatic rings. The van der Waals surface area contributed by atoms with Gasteiger partial charge >= 0.3 is 0 Å². The molecule has 0 bridgehead atoms. The molecule has 2 aliphatic rings. The predicted molar refractivity (Wildman–Crippen MR) is 119 cm³/mol. The minimum absolute atomic E-state index is 0.0950. The third-order valence-electron chi connectivity index (χ3n) is 4.31. The van der Waals surface area contributed by atoms with Crippen molar-refractivity contribution >= 4 is 57.9 Å². The van der Waals surface area contributed by atoms with Crippen LogP contribution in [-0.4, -0.2) is 29.9 Å². The van der Waals surface area contributed by atoms with Crippen LogP contribution in [0.1, 0.15) is 5.56 Å². The van der Waals surface area contributed by atoms with Crippen molar-refractivity contribution in [2.24, 2.45) is 15.2 Å². The highest BCUT2D eigenvalue weighted by molar-refractivity contribution is 14.2. The van der Waals surface area contributed by atoms with Crippen molar-refractivity contribution in [1.82, 2.24) is 9.55 Å². The van der Waals surface area contributed by atoms with Crippen LogP contribution in [0.3, 0.4) is 0 Å². The van der Waals surface area contributed by atoms with Gasteiger partial charge in [0.2, 0.25) is 0 Å². The van der Waals surface area contributed by atoms with Crippen LogP contribution in [0.15, 0.2) is 80.2 Å². The number of allylic oxidation sites excluding steroid dienone is 1. The average molecular weight is 470 g/mol. The van der Waals surface area contributed by atoms with Gasteiger partial charge in [0, 0.05) is 66.0 Å². The number of benzene rings is 1. The van der Waals surface area contributed by atoms with E-state index in [4.69, 9.17) is 8.20 Å². The zero-order valence-electron chi connectivity index (χ0n) is 14.0. The van der Waals surface area contributed by atoms with Crippen LogP contribution in [0.25, 0.3) is 10.9 Å². The largest absolute Gasteiger partial charge is 0.357 e. The number of pyridine rings is 1. The second-order valence-electron chi connectivity index (χ2n) is 6.17. The Balaban J connectivity index is 1.43. The number of aliphatic imine (C=N–C) groups is 1. The molecular formula is C20H15IN4S. The van der Waals surface area contributed by atoms with Crippen LogP contribution in [0.5, 0.6) is 0 Å². The Hall–Kier alpha value is -2.06. The van der Waals surface area contributed by atoms with Crippen molar-refractivity contribution in [1.29, 1.82) is 0 Å². The highest BCUT2D eigenvalue weighted by Gasteiger charge is 2.28. The first-order valence-electron chi connectivity index (χ1n) is 8.26. The summed E-state index contributed by atoms with van der Waals surface area (Å²) in [5.74, 6) is 0. The van der Waals surface area contributed by atoms with E-state index in [0.29, 0.717) is 0 Å². The number of rotatable bonds is 2. The predicted octanol–water partition coefficient (Wildman–Crippen LogP) is 4.56. The van der Waals surface area contributed by atoms with E-state index in [1.54, 1.807) is 11.8 Å². The van der Waals surface area contributed by atoms with Gasteiger partial charge < -0.3 is 4.57 Å². The van der Waals surface area contributed by atoms with Gasteiger partial charge in [-0.3, -0.25) is 9.98 Å². The number of aryl methyl sites for hydroxylation is 1. The van der Waals surface area contributed by atoms with E-state index >= 15 is 0 Å². The molecule has 2 aliphatic heterocycles. The molecule has 128 valence electrons. The topological polar surface area (TPSA) is 42.5 Å². The molecule has 0 saturated heterocycles. The fourth-order valence-electron chi connectivity index (χ4n) is 3.01. The van der Waals surface area contributed by atoms with Crippen molar-refractivity contribution in [2.45, 2.75) is 10.9 Å². The van der Waals surface area contributed by atoms with Gasteiger partial charge in [-0.25, -0.2) is 3.21 Å². The summed E-state index contributed by atoms with van der Waals surface area (Å²) in [5, 5.41) is 2.28. The Morgan fingerprint density at radius 1 is 1.15 bits per heavy atom. The fourth-order valence-corrected chi connectivity index (χ4v) is 6.46. The molecule has 0 spiro atoms. The lowest BCUT2D eigenvalue weighted by atomic mass is 10.1. The molecule has 4 heterocycles. The maximum atomic E-state index is 5.01. The highest BCUT2D eigenvalue weighted by atomic mass is 127. The number of dihydropyridines is 1. The molecule has 1 atom stereocenters. The van der Waals surface area contributed by atoms with Crippen LogP contribution < -0.4 is 0 Å². The van der Waals surface area contributed by atoms with Gasteiger partial charge in [-0.2, -0.15) is 0 Å². The fraction of sp³-hybridized carbons (Fsp3) is 0.100. The summed E-state index contributed by atoms with van der Waals surface area (Å²) >= 11 is 1.43. The van der Waals surface area contributed by atoms with Gasteiger partial charge in [-0.15, -0.1) is 0 Å². The quantitative estimate of drug-likeness (QED) is 0.516. The summed E-state index contributed by atoms with van der Waals surface area (Å²) in [4.78, 5) is 10.6. The molecule has 26 heavy (non-hydrogen) atoms. The van der Waals surface area contributed by atoms with Gasteiger partial charge in [-0.1, -0.05) is 17.8 Å². The summed E-state index contributed by atoms with van der Waals surface area (Å²) in [6, 6.07) is 12.7. The summed E-state index contributed by atoms with van der Waals surface area (Å²) in [7, 11) is 2.03. The molecule has 0 fully saturated rings. The van der Waals surface area contributed by atoms with Gasteiger partial charge in [0.1, 0.15) is 11.1 Å².